The van der Waals surface area contributed by atoms with Crippen LogP contribution in [0, 0.1) is 4.77 Å². The molecule has 0 saturated heterocycles. The number of hydrogen-bond donors (Lipinski definition) is 1. The summed E-state index contributed by atoms with van der Waals surface area (Å²) in [6, 6.07) is 18.9. The van der Waals surface area contributed by atoms with Gasteiger partial charge in [0.2, 0.25) is 10.5 Å². The van der Waals surface area contributed by atoms with Gasteiger partial charge in [0.15, 0.2) is 0 Å². The molecule has 1 spiro atoms. The molecule has 1 N–H and O–H groups in total. The van der Waals surface area contributed by atoms with E-state index in [9.17, 15) is 4.79 Å². The predicted octanol–water partition coefficient (Wildman–Crippen LogP) is 5.61. The number of rotatable bonds is 3. The molecule has 6 heteroatoms. The van der Waals surface area contributed by atoms with Crippen LogP contribution in [0.5, 0.6) is 0 Å². The molecule has 33 heavy (non-hydrogen) atoms. The Labute approximate surface area is 198 Å². The SMILES string of the molecule is O=c1c2c(n3c(=S)[nH]nc3n1CCc1ccccc1)-c1ccccc1CC21CCCCCC1. The second-order valence-electron chi connectivity index (χ2n) is 9.61. The minimum Gasteiger partial charge on any atom is -0.276 e. The van der Waals surface area contributed by atoms with E-state index in [0.717, 1.165) is 42.5 Å². The van der Waals surface area contributed by atoms with Crippen LogP contribution in [0.3, 0.4) is 0 Å². The molecule has 0 unspecified atom stereocenters. The molecular weight excluding hydrogens is 428 g/mol. The number of nitrogens with zero attached hydrogens (tertiary/aromatic N) is 3. The van der Waals surface area contributed by atoms with E-state index in [-0.39, 0.29) is 11.0 Å². The Balaban J connectivity index is 1.64. The summed E-state index contributed by atoms with van der Waals surface area (Å²) in [7, 11) is 0. The number of aromatic amines is 1. The van der Waals surface area contributed by atoms with Crippen LogP contribution in [-0.4, -0.2) is 19.2 Å². The number of aromatic nitrogens is 4. The Morgan fingerprint density at radius 3 is 2.48 bits per heavy atom. The number of H-pyrrole nitrogens is 1. The lowest BCUT2D eigenvalue weighted by Gasteiger charge is -2.39. The lowest BCUT2D eigenvalue weighted by molar-refractivity contribution is 0.356. The zero-order chi connectivity index (χ0) is 22.4. The molecular formula is C27H28N4OS. The molecule has 1 saturated carbocycles. The number of hydrogen-bond acceptors (Lipinski definition) is 3. The van der Waals surface area contributed by atoms with E-state index in [0.29, 0.717) is 17.1 Å². The molecule has 2 aromatic heterocycles. The van der Waals surface area contributed by atoms with Crippen LogP contribution in [0.25, 0.3) is 17.0 Å². The van der Waals surface area contributed by atoms with Crippen molar-refractivity contribution in [1.82, 2.24) is 19.2 Å². The summed E-state index contributed by atoms with van der Waals surface area (Å²) in [5.74, 6) is 0.611. The molecule has 2 aliphatic carbocycles. The van der Waals surface area contributed by atoms with Gasteiger partial charge in [0.05, 0.1) is 5.69 Å². The highest BCUT2D eigenvalue weighted by Crippen LogP contribution is 2.48. The van der Waals surface area contributed by atoms with Gasteiger partial charge in [-0.05, 0) is 49.0 Å². The fourth-order valence-corrected chi connectivity index (χ4v) is 6.34. The van der Waals surface area contributed by atoms with Crippen molar-refractivity contribution < 1.29 is 0 Å². The summed E-state index contributed by atoms with van der Waals surface area (Å²) in [4.78, 5) is 14.3. The van der Waals surface area contributed by atoms with Crippen LogP contribution >= 0.6 is 12.2 Å². The van der Waals surface area contributed by atoms with Gasteiger partial charge in [-0.15, -0.1) is 5.10 Å². The number of benzene rings is 2. The van der Waals surface area contributed by atoms with Crippen molar-refractivity contribution in [2.45, 2.75) is 63.3 Å². The van der Waals surface area contributed by atoms with Crippen LogP contribution in [0.1, 0.15) is 55.2 Å². The van der Waals surface area contributed by atoms with Crippen LogP contribution in [0.15, 0.2) is 59.4 Å². The molecule has 0 bridgehead atoms. The molecule has 0 atom stereocenters. The summed E-state index contributed by atoms with van der Waals surface area (Å²) in [6.07, 6.45) is 8.64. The van der Waals surface area contributed by atoms with Crippen molar-refractivity contribution in [3.8, 4) is 11.3 Å². The highest BCUT2D eigenvalue weighted by atomic mass is 32.1. The van der Waals surface area contributed by atoms with E-state index < -0.39 is 0 Å². The maximum atomic E-state index is 14.3. The molecule has 1 fully saturated rings. The monoisotopic (exact) mass is 456 g/mol. The summed E-state index contributed by atoms with van der Waals surface area (Å²) >= 11 is 5.73. The van der Waals surface area contributed by atoms with Crippen LogP contribution in [0.4, 0.5) is 0 Å². The summed E-state index contributed by atoms with van der Waals surface area (Å²) in [5.41, 5.74) is 5.55. The zero-order valence-corrected chi connectivity index (χ0v) is 19.5. The third-order valence-electron chi connectivity index (χ3n) is 7.67. The zero-order valence-electron chi connectivity index (χ0n) is 18.7. The summed E-state index contributed by atoms with van der Waals surface area (Å²) < 4.78 is 4.44. The van der Waals surface area contributed by atoms with Crippen LogP contribution in [-0.2, 0) is 24.8 Å². The number of fused-ring (bicyclic) bond motifs is 6. The normalized spacial score (nSPS) is 17.0. The van der Waals surface area contributed by atoms with Gasteiger partial charge < -0.3 is 0 Å². The van der Waals surface area contributed by atoms with Gasteiger partial charge in [0, 0.05) is 23.1 Å². The first kappa shape index (κ1) is 20.6. The van der Waals surface area contributed by atoms with Crippen molar-refractivity contribution in [3.05, 3.63) is 86.4 Å². The van der Waals surface area contributed by atoms with Gasteiger partial charge in [0.25, 0.3) is 5.56 Å². The van der Waals surface area contributed by atoms with Crippen LogP contribution in [0.2, 0.25) is 0 Å². The maximum Gasteiger partial charge on any atom is 0.259 e. The Hall–Kier alpha value is -2.99. The standard InChI is InChI=1S/C27H28N4OS/c32-24-22-23(21-13-7-6-12-20(21)18-27(22)15-8-1-2-9-16-27)31-25(28-29-26(31)33)30(24)17-14-19-10-4-3-5-11-19/h3-7,10-13H,1-2,8-9,14-18H2,(H,29,33). The van der Waals surface area contributed by atoms with E-state index in [1.807, 2.05) is 27.2 Å². The quantitative estimate of drug-likeness (QED) is 0.408. The highest BCUT2D eigenvalue weighted by molar-refractivity contribution is 7.71. The maximum absolute atomic E-state index is 14.3. The van der Waals surface area contributed by atoms with E-state index in [2.05, 4.69) is 46.6 Å². The fraction of sp³-hybridized carbons (Fsp3) is 0.370. The molecule has 2 aromatic carbocycles. The van der Waals surface area contributed by atoms with Crippen molar-refractivity contribution in [2.75, 3.05) is 0 Å². The minimum absolute atomic E-state index is 0.110. The molecule has 2 aliphatic rings. The molecule has 4 aromatic rings. The molecule has 6 rings (SSSR count). The smallest absolute Gasteiger partial charge is 0.259 e. The van der Waals surface area contributed by atoms with E-state index >= 15 is 0 Å². The van der Waals surface area contributed by atoms with E-state index in [1.54, 1.807) is 0 Å². The second-order valence-corrected chi connectivity index (χ2v) is 10.00. The third-order valence-corrected chi connectivity index (χ3v) is 7.95. The first-order chi connectivity index (χ1) is 16.2. The first-order valence-electron chi connectivity index (χ1n) is 12.0. The third kappa shape index (κ3) is 3.31. The van der Waals surface area contributed by atoms with E-state index in [1.165, 1.54) is 36.8 Å². The average Bonchev–Trinajstić information content (AvgIpc) is 3.07. The van der Waals surface area contributed by atoms with Crippen molar-refractivity contribution in [2.24, 2.45) is 0 Å². The van der Waals surface area contributed by atoms with Gasteiger partial charge in [-0.25, -0.2) is 5.10 Å². The molecule has 2 heterocycles. The van der Waals surface area contributed by atoms with Crippen LogP contribution < -0.4 is 5.56 Å². The second kappa shape index (κ2) is 8.10. The first-order valence-corrected chi connectivity index (χ1v) is 12.5. The van der Waals surface area contributed by atoms with Gasteiger partial charge in [-0.2, -0.15) is 0 Å². The summed E-state index contributed by atoms with van der Waals surface area (Å²) in [6.45, 7) is 0.580. The van der Waals surface area contributed by atoms with Gasteiger partial charge >= 0.3 is 0 Å². The van der Waals surface area contributed by atoms with Crippen molar-refractivity contribution >= 4 is 18.0 Å². The fourth-order valence-electron chi connectivity index (χ4n) is 6.12. The van der Waals surface area contributed by atoms with Gasteiger partial charge in [-0.3, -0.25) is 13.8 Å². The highest BCUT2D eigenvalue weighted by Gasteiger charge is 2.43. The largest absolute Gasteiger partial charge is 0.276 e. The topological polar surface area (TPSA) is 55.1 Å². The minimum atomic E-state index is -0.133. The molecule has 0 radical (unpaired) electrons. The lowest BCUT2D eigenvalue weighted by atomic mass is 9.65. The molecule has 168 valence electrons. The number of aryl methyl sites for hydroxylation is 2. The number of nitrogens with one attached hydrogen (secondary N) is 1. The van der Waals surface area contributed by atoms with Gasteiger partial charge in [-0.1, -0.05) is 80.3 Å². The van der Waals surface area contributed by atoms with Crippen molar-refractivity contribution in [1.29, 1.82) is 0 Å². The Kier molecular flexibility index (Phi) is 5.06. The van der Waals surface area contributed by atoms with E-state index in [4.69, 9.17) is 12.2 Å². The lowest BCUT2D eigenvalue weighted by Crippen LogP contribution is -2.42. The summed E-state index contributed by atoms with van der Waals surface area (Å²) in [5, 5.41) is 7.52. The molecule has 5 nitrogen and oxygen atoms in total. The molecule has 0 aliphatic heterocycles. The Morgan fingerprint density at radius 1 is 0.970 bits per heavy atom. The van der Waals surface area contributed by atoms with Gasteiger partial charge in [0.1, 0.15) is 0 Å². The Morgan fingerprint density at radius 2 is 1.70 bits per heavy atom. The average molecular weight is 457 g/mol. The molecule has 0 amide bonds. The Bertz CT molecular complexity index is 1440. The van der Waals surface area contributed by atoms with Crippen molar-refractivity contribution in [3.63, 3.8) is 0 Å². The predicted molar refractivity (Wildman–Crippen MR) is 133 cm³/mol.